The van der Waals surface area contributed by atoms with Gasteiger partial charge in [0.1, 0.15) is 5.75 Å². The second kappa shape index (κ2) is 5.84. The number of carbonyl (C=O) groups is 1. The van der Waals surface area contributed by atoms with Gasteiger partial charge in [-0.25, -0.2) is 0 Å². The highest BCUT2D eigenvalue weighted by atomic mass is 32.1. The molecule has 100 valence electrons. The van der Waals surface area contributed by atoms with E-state index >= 15 is 0 Å². The number of amides is 1. The van der Waals surface area contributed by atoms with Crippen LogP contribution in [0.4, 0.5) is 0 Å². The normalized spacial score (nSPS) is 12.4. The highest BCUT2D eigenvalue weighted by Gasteiger charge is 2.21. The Hall–Kier alpha value is -1.88. The first kappa shape index (κ1) is 13.5. The van der Waals surface area contributed by atoms with Gasteiger partial charge < -0.3 is 10.4 Å². The number of pyridine rings is 1. The topological polar surface area (TPSA) is 62.2 Å². The van der Waals surface area contributed by atoms with Gasteiger partial charge >= 0.3 is 0 Å². The zero-order valence-electron chi connectivity index (χ0n) is 10.8. The molecule has 0 saturated carbocycles. The molecule has 0 aromatic carbocycles. The lowest BCUT2D eigenvalue weighted by atomic mass is 10.0. The van der Waals surface area contributed by atoms with Gasteiger partial charge in [0.15, 0.2) is 0 Å². The quantitative estimate of drug-likeness (QED) is 0.902. The molecule has 4 nitrogen and oxygen atoms in total. The van der Waals surface area contributed by atoms with Gasteiger partial charge in [-0.05, 0) is 23.4 Å². The van der Waals surface area contributed by atoms with Crippen molar-refractivity contribution in [3.63, 3.8) is 0 Å². The van der Waals surface area contributed by atoms with Gasteiger partial charge in [0, 0.05) is 11.1 Å². The number of carbonyl (C=O) groups excluding carboxylic acids is 1. The number of nitrogens with zero attached hydrogens (tertiary/aromatic N) is 1. The maximum absolute atomic E-state index is 12.2. The van der Waals surface area contributed by atoms with Gasteiger partial charge in [-0.15, -0.1) is 11.3 Å². The molecule has 2 aromatic rings. The molecule has 0 aliphatic heterocycles. The first-order valence-corrected chi connectivity index (χ1v) is 6.95. The fraction of sp³-hybridized carbons (Fsp3) is 0.286. The third-order valence-electron chi connectivity index (χ3n) is 2.85. The second-order valence-electron chi connectivity index (χ2n) is 4.60. The lowest BCUT2D eigenvalue weighted by molar-refractivity contribution is 0.0923. The summed E-state index contributed by atoms with van der Waals surface area (Å²) in [6.07, 6.45) is 2.76. The number of thiophene rings is 1. The molecule has 19 heavy (non-hydrogen) atoms. The van der Waals surface area contributed by atoms with Crippen molar-refractivity contribution in [2.45, 2.75) is 19.9 Å². The van der Waals surface area contributed by atoms with Crippen LogP contribution in [-0.4, -0.2) is 16.0 Å². The molecule has 5 heteroatoms. The van der Waals surface area contributed by atoms with Crippen LogP contribution in [0.1, 0.15) is 35.1 Å². The molecule has 0 radical (unpaired) electrons. The van der Waals surface area contributed by atoms with E-state index in [1.807, 2.05) is 17.5 Å². The molecular weight excluding hydrogens is 260 g/mol. The predicted octanol–water partition coefficient (Wildman–Crippen LogP) is 2.98. The summed E-state index contributed by atoms with van der Waals surface area (Å²) in [4.78, 5) is 17.1. The summed E-state index contributed by atoms with van der Waals surface area (Å²) in [5.41, 5.74) is 0.247. The summed E-state index contributed by atoms with van der Waals surface area (Å²) in [6, 6.07) is 5.42. The maximum Gasteiger partial charge on any atom is 0.255 e. The Balaban J connectivity index is 2.19. The number of nitrogens with one attached hydrogen (secondary N) is 1. The van der Waals surface area contributed by atoms with Crippen molar-refractivity contribution in [1.29, 1.82) is 0 Å². The van der Waals surface area contributed by atoms with Crippen LogP contribution in [0.3, 0.4) is 0 Å². The van der Waals surface area contributed by atoms with Crippen molar-refractivity contribution in [2.75, 3.05) is 0 Å². The SMILES string of the molecule is CC(C)C(NC(=O)c1ccncc1O)c1cccs1. The van der Waals surface area contributed by atoms with E-state index in [1.165, 1.54) is 18.5 Å². The highest BCUT2D eigenvalue weighted by Crippen LogP contribution is 2.26. The van der Waals surface area contributed by atoms with Crippen LogP contribution in [0.25, 0.3) is 0 Å². The van der Waals surface area contributed by atoms with Gasteiger partial charge in [0.05, 0.1) is 17.8 Å². The standard InChI is InChI=1S/C14H16N2O2S/c1-9(2)13(12-4-3-7-19-12)16-14(18)10-5-6-15-8-11(10)17/h3-9,13,17H,1-2H3,(H,16,18). The summed E-state index contributed by atoms with van der Waals surface area (Å²) in [5.74, 6) is -0.118. The van der Waals surface area contributed by atoms with E-state index in [1.54, 1.807) is 11.3 Å². The third-order valence-corrected chi connectivity index (χ3v) is 3.80. The van der Waals surface area contributed by atoms with E-state index in [4.69, 9.17) is 0 Å². The molecule has 1 amide bonds. The first-order chi connectivity index (χ1) is 9.09. The van der Waals surface area contributed by atoms with Crippen LogP contribution in [0.15, 0.2) is 36.0 Å². The Bertz CT molecular complexity index is 552. The Kier molecular flexibility index (Phi) is 4.16. The highest BCUT2D eigenvalue weighted by molar-refractivity contribution is 7.10. The summed E-state index contributed by atoms with van der Waals surface area (Å²) < 4.78 is 0. The Morgan fingerprint density at radius 2 is 2.21 bits per heavy atom. The minimum absolute atomic E-state index is 0.0555. The molecule has 0 saturated heterocycles. The lowest BCUT2D eigenvalue weighted by Gasteiger charge is -2.21. The Labute approximate surface area is 116 Å². The van der Waals surface area contributed by atoms with E-state index < -0.39 is 0 Å². The van der Waals surface area contributed by atoms with Crippen molar-refractivity contribution in [3.8, 4) is 5.75 Å². The number of hydrogen-bond acceptors (Lipinski definition) is 4. The number of hydrogen-bond donors (Lipinski definition) is 2. The van der Waals surface area contributed by atoms with E-state index in [0.29, 0.717) is 0 Å². The molecule has 0 bridgehead atoms. The molecular formula is C14H16N2O2S. The largest absolute Gasteiger partial charge is 0.505 e. The molecule has 2 N–H and O–H groups in total. The van der Waals surface area contributed by atoms with Crippen molar-refractivity contribution in [1.82, 2.24) is 10.3 Å². The van der Waals surface area contributed by atoms with Crippen LogP contribution >= 0.6 is 11.3 Å². The zero-order chi connectivity index (χ0) is 13.8. The molecule has 0 spiro atoms. The Morgan fingerprint density at radius 1 is 1.42 bits per heavy atom. The van der Waals surface area contributed by atoms with Crippen LogP contribution in [0, 0.1) is 5.92 Å². The monoisotopic (exact) mass is 276 g/mol. The molecule has 2 aromatic heterocycles. The molecule has 2 rings (SSSR count). The minimum Gasteiger partial charge on any atom is -0.505 e. The third kappa shape index (κ3) is 3.12. The van der Waals surface area contributed by atoms with E-state index in [2.05, 4.69) is 24.1 Å². The number of rotatable bonds is 4. The van der Waals surface area contributed by atoms with Gasteiger partial charge in [-0.1, -0.05) is 19.9 Å². The van der Waals surface area contributed by atoms with Crippen LogP contribution < -0.4 is 5.32 Å². The molecule has 2 heterocycles. The van der Waals surface area contributed by atoms with Crippen LogP contribution in [0.5, 0.6) is 5.75 Å². The molecule has 0 aliphatic carbocycles. The van der Waals surface area contributed by atoms with Crippen molar-refractivity contribution in [3.05, 3.63) is 46.4 Å². The summed E-state index contributed by atoms with van der Waals surface area (Å²) in [7, 11) is 0. The summed E-state index contributed by atoms with van der Waals surface area (Å²) in [6.45, 7) is 4.11. The van der Waals surface area contributed by atoms with Gasteiger partial charge in [-0.2, -0.15) is 0 Å². The molecule has 1 unspecified atom stereocenters. The predicted molar refractivity (Wildman–Crippen MR) is 75.3 cm³/mol. The molecule has 0 fully saturated rings. The first-order valence-electron chi connectivity index (χ1n) is 6.07. The van der Waals surface area contributed by atoms with Gasteiger partial charge in [-0.3, -0.25) is 9.78 Å². The number of aromatic hydroxyl groups is 1. The van der Waals surface area contributed by atoms with E-state index in [9.17, 15) is 9.90 Å². The molecule has 1 atom stereocenters. The molecule has 0 aliphatic rings. The minimum atomic E-state index is -0.285. The van der Waals surface area contributed by atoms with E-state index in [0.717, 1.165) is 4.88 Å². The fourth-order valence-corrected chi connectivity index (χ4v) is 2.78. The van der Waals surface area contributed by atoms with Crippen LogP contribution in [0.2, 0.25) is 0 Å². The van der Waals surface area contributed by atoms with Crippen molar-refractivity contribution >= 4 is 17.2 Å². The lowest BCUT2D eigenvalue weighted by Crippen LogP contribution is -2.31. The van der Waals surface area contributed by atoms with Crippen LogP contribution in [-0.2, 0) is 0 Å². The fourth-order valence-electron chi connectivity index (χ4n) is 1.83. The second-order valence-corrected chi connectivity index (χ2v) is 5.58. The number of aromatic nitrogens is 1. The zero-order valence-corrected chi connectivity index (χ0v) is 11.6. The van der Waals surface area contributed by atoms with Crippen molar-refractivity contribution in [2.24, 2.45) is 5.92 Å². The summed E-state index contributed by atoms with van der Waals surface area (Å²) >= 11 is 1.61. The van der Waals surface area contributed by atoms with Gasteiger partial charge in [0.25, 0.3) is 5.91 Å². The average Bonchev–Trinajstić information content (AvgIpc) is 2.89. The van der Waals surface area contributed by atoms with E-state index in [-0.39, 0.29) is 29.2 Å². The smallest absolute Gasteiger partial charge is 0.255 e. The average molecular weight is 276 g/mol. The maximum atomic E-state index is 12.2. The Morgan fingerprint density at radius 3 is 2.79 bits per heavy atom. The van der Waals surface area contributed by atoms with Crippen molar-refractivity contribution < 1.29 is 9.90 Å². The van der Waals surface area contributed by atoms with Gasteiger partial charge in [0.2, 0.25) is 0 Å². The summed E-state index contributed by atoms with van der Waals surface area (Å²) in [5, 5.41) is 14.6.